The first kappa shape index (κ1) is 48.8. The summed E-state index contributed by atoms with van der Waals surface area (Å²) in [6.07, 6.45) is 1.09. The molecule has 0 bridgehead atoms. The maximum atomic E-state index is 4.35. The molecule has 0 N–H and O–H groups in total. The number of hydrogen-bond acceptors (Lipinski definition) is 0. The van der Waals surface area contributed by atoms with Gasteiger partial charge in [0.25, 0.3) is 0 Å². The van der Waals surface area contributed by atoms with Gasteiger partial charge in [-0.3, -0.25) is 0 Å². The van der Waals surface area contributed by atoms with Crippen molar-refractivity contribution >= 4 is 21.5 Å². The molecule has 4 aliphatic carbocycles. The molecular formula is C75H65+3. The van der Waals surface area contributed by atoms with Crippen LogP contribution in [0.5, 0.6) is 0 Å². The van der Waals surface area contributed by atoms with Crippen molar-refractivity contribution in [2.45, 2.75) is 64.2 Å². The van der Waals surface area contributed by atoms with Crippen LogP contribution in [0.15, 0.2) is 249 Å². The van der Waals surface area contributed by atoms with Gasteiger partial charge in [-0.1, -0.05) is 232 Å². The highest BCUT2D eigenvalue weighted by atomic mass is 14.4. The van der Waals surface area contributed by atoms with Crippen LogP contribution in [-0.4, -0.2) is 0 Å². The highest BCUT2D eigenvalue weighted by molar-refractivity contribution is 6.08. The van der Waals surface area contributed by atoms with E-state index in [1.54, 1.807) is 0 Å². The Kier molecular flexibility index (Phi) is 12.9. The van der Waals surface area contributed by atoms with Gasteiger partial charge in [0.05, 0.1) is 19.4 Å². The second-order valence-corrected chi connectivity index (χ2v) is 21.7. The van der Waals surface area contributed by atoms with Gasteiger partial charge in [0.1, 0.15) is 5.56 Å². The third-order valence-electron chi connectivity index (χ3n) is 16.3. The third-order valence-corrected chi connectivity index (χ3v) is 16.3. The fraction of sp³-hybridized carbons (Fsp3) is 0.133. The molecule has 4 aliphatic rings. The molecule has 0 spiro atoms. The Balaban J connectivity index is 0.000000100. The van der Waals surface area contributed by atoms with Crippen molar-refractivity contribution in [2.24, 2.45) is 0 Å². The lowest BCUT2D eigenvalue weighted by molar-refractivity contribution is 0.660. The molecule has 15 rings (SSSR count). The van der Waals surface area contributed by atoms with Crippen molar-refractivity contribution in [3.05, 3.63) is 319 Å². The van der Waals surface area contributed by atoms with Gasteiger partial charge in [-0.05, 0) is 116 Å². The van der Waals surface area contributed by atoms with E-state index in [0.29, 0.717) is 0 Å². The van der Waals surface area contributed by atoms with Crippen LogP contribution in [0.4, 0.5) is 0 Å². The average Bonchev–Trinajstić information content (AvgIpc) is 3.95. The minimum atomic E-state index is -0.0901. The largest absolute Gasteiger partial charge is 0.154 e. The van der Waals surface area contributed by atoms with Crippen LogP contribution in [0.3, 0.4) is 0 Å². The van der Waals surface area contributed by atoms with E-state index in [9.17, 15) is 0 Å². The summed E-state index contributed by atoms with van der Waals surface area (Å²) in [5.41, 5.74) is 23.4. The number of benzene rings is 11. The minimum absolute atomic E-state index is 0.0901. The third kappa shape index (κ3) is 8.79. The Bertz CT molecular complexity index is 3490. The van der Waals surface area contributed by atoms with Crippen LogP contribution in [0, 0.1) is 26.7 Å². The number of fused-ring (bicyclic) bond motifs is 15. The smallest absolute Gasteiger partial charge is 0.0619 e. The maximum absolute atomic E-state index is 4.35. The predicted octanol–water partition coefficient (Wildman–Crippen LogP) is 19.8. The fourth-order valence-electron chi connectivity index (χ4n) is 12.4. The molecule has 11 aromatic carbocycles. The summed E-state index contributed by atoms with van der Waals surface area (Å²) in [6.45, 7) is 22.1. The standard InChI is InChI=1S/C15H14.3C15H13.C15H12/c3*1-15(2)13-9-5-3-7-11(13)12-8-4-6-10-14(12)15;2*1-11-10-12-6-2-3-8-14(12)15-9-5-4-7-13(11)15/h3-10H,1-2H3;2*3-10H,1H2,2H3;2-9H,10H2,1H3;2-10H,1H3/q;3*+1;. The second-order valence-electron chi connectivity index (χ2n) is 21.7. The van der Waals surface area contributed by atoms with Gasteiger partial charge in [-0.15, -0.1) is 0 Å². The Hall–Kier alpha value is -8.45. The van der Waals surface area contributed by atoms with Crippen LogP contribution in [0.2, 0.25) is 0 Å². The Morgan fingerprint density at radius 3 is 1.12 bits per heavy atom. The molecule has 0 saturated carbocycles. The first-order chi connectivity index (χ1) is 36.4. The molecule has 0 radical (unpaired) electrons. The lowest BCUT2D eigenvalue weighted by Gasteiger charge is -2.20. The van der Waals surface area contributed by atoms with E-state index in [-0.39, 0.29) is 16.2 Å². The summed E-state index contributed by atoms with van der Waals surface area (Å²) in [7, 11) is 0. The Morgan fingerprint density at radius 2 is 0.653 bits per heavy atom. The van der Waals surface area contributed by atoms with Crippen molar-refractivity contribution in [1.82, 2.24) is 0 Å². The number of rotatable bonds is 0. The van der Waals surface area contributed by atoms with Gasteiger partial charge in [0, 0.05) is 64.6 Å². The van der Waals surface area contributed by atoms with E-state index >= 15 is 0 Å². The van der Waals surface area contributed by atoms with Crippen molar-refractivity contribution in [1.29, 1.82) is 0 Å². The van der Waals surface area contributed by atoms with Crippen LogP contribution in [0.1, 0.15) is 84.7 Å². The summed E-state index contributed by atoms with van der Waals surface area (Å²) in [5, 5.41) is 5.39. The highest BCUT2D eigenvalue weighted by Gasteiger charge is 2.42. The van der Waals surface area contributed by atoms with Crippen molar-refractivity contribution < 1.29 is 0 Å². The van der Waals surface area contributed by atoms with Crippen molar-refractivity contribution in [3.8, 4) is 44.5 Å². The molecule has 0 atom stereocenters. The van der Waals surface area contributed by atoms with E-state index in [2.05, 4.69) is 304 Å². The van der Waals surface area contributed by atoms with Crippen LogP contribution in [0.25, 0.3) is 66.1 Å². The van der Waals surface area contributed by atoms with Crippen LogP contribution < -0.4 is 0 Å². The zero-order valence-electron chi connectivity index (χ0n) is 44.3. The fourth-order valence-corrected chi connectivity index (χ4v) is 12.4. The monoisotopic (exact) mass is 966 g/mol. The van der Waals surface area contributed by atoms with Gasteiger partial charge in [0.15, 0.2) is 10.8 Å². The highest BCUT2D eigenvalue weighted by Crippen LogP contribution is 2.50. The summed E-state index contributed by atoms with van der Waals surface area (Å²) in [4.78, 5) is 0. The maximum Gasteiger partial charge on any atom is 0.154 e. The molecule has 0 saturated heterocycles. The van der Waals surface area contributed by atoms with Crippen molar-refractivity contribution in [3.63, 3.8) is 0 Å². The summed E-state index contributed by atoms with van der Waals surface area (Å²) < 4.78 is 0. The Labute approximate surface area is 446 Å². The molecule has 0 nitrogen and oxygen atoms in total. The molecule has 0 amide bonds. The van der Waals surface area contributed by atoms with E-state index in [1.807, 2.05) is 0 Å². The average molecular weight is 966 g/mol. The summed E-state index contributed by atoms with van der Waals surface area (Å²) in [5.74, 6) is 1.48. The van der Waals surface area contributed by atoms with Crippen LogP contribution in [-0.2, 0) is 22.7 Å². The van der Waals surface area contributed by atoms with Gasteiger partial charge in [0.2, 0.25) is 0 Å². The SMILES string of the molecule is CC1(C)c2ccccc2-c2ccccc21.C[C+]1Cc2ccccc2-c2ccccc21.Cc1cc2ccccc2c2ccccc12.[CH2+]C1(C)c2ccccc2-c2ccccc21.[CH2+]C1(C)c2ccccc2-c2ccccc21. The number of aryl methyl sites for hydroxylation is 1. The number of hydrogen-bond donors (Lipinski definition) is 0. The molecule has 0 heterocycles. The van der Waals surface area contributed by atoms with Gasteiger partial charge in [-0.25, -0.2) is 0 Å². The molecule has 0 fully saturated rings. The summed E-state index contributed by atoms with van der Waals surface area (Å²) in [6, 6.07) is 88.5. The molecule has 362 valence electrons. The normalized spacial score (nSPS) is 14.3. The second kappa shape index (κ2) is 19.8. The zero-order valence-corrected chi connectivity index (χ0v) is 44.3. The van der Waals surface area contributed by atoms with Crippen LogP contribution >= 0.6 is 0 Å². The first-order valence-corrected chi connectivity index (χ1v) is 26.5. The van der Waals surface area contributed by atoms with Gasteiger partial charge < -0.3 is 0 Å². The molecule has 0 aliphatic heterocycles. The molecule has 75 heavy (non-hydrogen) atoms. The van der Waals surface area contributed by atoms with E-state index in [0.717, 1.165) is 6.42 Å². The lowest BCUT2D eigenvalue weighted by Crippen LogP contribution is -2.15. The topological polar surface area (TPSA) is 0 Å². The first-order valence-electron chi connectivity index (χ1n) is 26.5. The predicted molar refractivity (Wildman–Crippen MR) is 321 cm³/mol. The van der Waals surface area contributed by atoms with Gasteiger partial charge >= 0.3 is 0 Å². The quantitative estimate of drug-likeness (QED) is 0.105. The summed E-state index contributed by atoms with van der Waals surface area (Å²) >= 11 is 0. The minimum Gasteiger partial charge on any atom is -0.0619 e. The van der Waals surface area contributed by atoms with E-state index in [4.69, 9.17) is 0 Å². The molecular weight excluding hydrogens is 901 g/mol. The van der Waals surface area contributed by atoms with E-state index in [1.165, 1.54) is 122 Å². The Morgan fingerprint density at radius 1 is 0.333 bits per heavy atom. The molecule has 0 aromatic heterocycles. The molecule has 0 unspecified atom stereocenters. The molecule has 11 aromatic rings. The van der Waals surface area contributed by atoms with Crippen molar-refractivity contribution in [2.75, 3.05) is 0 Å². The van der Waals surface area contributed by atoms with Gasteiger partial charge in [-0.2, -0.15) is 0 Å². The lowest BCUT2D eigenvalue weighted by atomic mass is 9.80. The zero-order chi connectivity index (χ0) is 51.9. The van der Waals surface area contributed by atoms with E-state index < -0.39 is 0 Å². The molecule has 0 heteroatoms.